The first-order chi connectivity index (χ1) is 8.99. The van der Waals surface area contributed by atoms with Crippen LogP contribution in [0.5, 0.6) is 5.75 Å². The topological polar surface area (TPSA) is 74.6 Å². The molecule has 0 heterocycles. The molecular weight excluding hydrogens is 244 g/mol. The normalized spacial score (nSPS) is 10.2. The highest BCUT2D eigenvalue weighted by Gasteiger charge is 2.17. The van der Waals surface area contributed by atoms with Crippen molar-refractivity contribution in [3.63, 3.8) is 0 Å². The molecule has 0 amide bonds. The molecule has 0 bridgehead atoms. The third kappa shape index (κ3) is 2.63. The molecule has 0 fully saturated rings. The highest BCUT2D eigenvalue weighted by Crippen LogP contribution is 2.20. The number of aryl methyl sites for hydroxylation is 1. The molecule has 0 aliphatic rings. The minimum atomic E-state index is -1.15. The van der Waals surface area contributed by atoms with Crippen LogP contribution in [0.2, 0.25) is 0 Å². The van der Waals surface area contributed by atoms with Gasteiger partial charge < -0.3 is 10.2 Å². The summed E-state index contributed by atoms with van der Waals surface area (Å²) in [4.78, 5) is 23.4. The van der Waals surface area contributed by atoms with Gasteiger partial charge in [-0.1, -0.05) is 18.2 Å². The summed E-state index contributed by atoms with van der Waals surface area (Å²) in [7, 11) is 0. The smallest absolute Gasteiger partial charge is 0.336 e. The number of hydrogen-bond acceptors (Lipinski definition) is 3. The molecular formula is C15H12O4. The van der Waals surface area contributed by atoms with E-state index in [9.17, 15) is 14.7 Å². The van der Waals surface area contributed by atoms with Gasteiger partial charge in [-0.2, -0.15) is 0 Å². The van der Waals surface area contributed by atoms with Gasteiger partial charge in [0.1, 0.15) is 5.75 Å². The Morgan fingerprint density at radius 3 is 2.21 bits per heavy atom. The molecule has 0 aliphatic heterocycles. The number of benzene rings is 2. The summed E-state index contributed by atoms with van der Waals surface area (Å²) in [5, 5.41) is 18.6. The number of ketones is 1. The molecule has 4 heteroatoms. The lowest BCUT2D eigenvalue weighted by molar-refractivity contribution is 0.0693. The lowest BCUT2D eigenvalue weighted by Gasteiger charge is -2.06. The molecule has 2 aromatic carbocycles. The van der Waals surface area contributed by atoms with E-state index >= 15 is 0 Å². The van der Waals surface area contributed by atoms with Crippen molar-refractivity contribution in [2.24, 2.45) is 0 Å². The zero-order valence-electron chi connectivity index (χ0n) is 10.3. The Hall–Kier alpha value is -2.62. The molecule has 0 spiro atoms. The highest BCUT2D eigenvalue weighted by atomic mass is 16.4. The van der Waals surface area contributed by atoms with Gasteiger partial charge in [0.05, 0.1) is 5.56 Å². The summed E-state index contributed by atoms with van der Waals surface area (Å²) in [5.41, 5.74) is 1.07. The van der Waals surface area contributed by atoms with E-state index in [1.807, 2.05) is 0 Å². The Morgan fingerprint density at radius 1 is 1.00 bits per heavy atom. The third-order valence-electron chi connectivity index (χ3n) is 2.73. The van der Waals surface area contributed by atoms with Crippen LogP contribution in [0.4, 0.5) is 0 Å². The van der Waals surface area contributed by atoms with Crippen LogP contribution in [0.25, 0.3) is 0 Å². The van der Waals surface area contributed by atoms with Crippen molar-refractivity contribution in [2.75, 3.05) is 0 Å². The third-order valence-corrected chi connectivity index (χ3v) is 2.73. The molecule has 96 valence electrons. The Kier molecular flexibility index (Phi) is 3.33. The van der Waals surface area contributed by atoms with Crippen molar-refractivity contribution in [3.8, 4) is 5.75 Å². The van der Waals surface area contributed by atoms with Crippen molar-refractivity contribution in [2.45, 2.75) is 6.92 Å². The molecule has 4 nitrogen and oxygen atoms in total. The van der Waals surface area contributed by atoms with Crippen molar-refractivity contribution in [1.29, 1.82) is 0 Å². The standard InChI is InChI=1S/C15H12O4/c1-9-6-10(8-11(16)7-9)14(17)12-4-2-3-5-13(12)15(18)19/h2-8,16H,1H3,(H,18,19). The minimum Gasteiger partial charge on any atom is -0.508 e. The Labute approximate surface area is 109 Å². The van der Waals surface area contributed by atoms with Crippen molar-refractivity contribution < 1.29 is 19.8 Å². The summed E-state index contributed by atoms with van der Waals surface area (Å²) < 4.78 is 0. The maximum absolute atomic E-state index is 12.3. The van der Waals surface area contributed by atoms with Crippen molar-refractivity contribution >= 4 is 11.8 Å². The Balaban J connectivity index is 2.53. The summed E-state index contributed by atoms with van der Waals surface area (Å²) in [5.74, 6) is -1.59. The van der Waals surface area contributed by atoms with E-state index in [4.69, 9.17) is 5.11 Å². The first kappa shape index (κ1) is 12.8. The number of carbonyl (C=O) groups is 2. The second-order valence-electron chi connectivity index (χ2n) is 4.24. The van der Waals surface area contributed by atoms with Gasteiger partial charge in [0.2, 0.25) is 0 Å². The predicted molar refractivity (Wildman–Crippen MR) is 69.7 cm³/mol. The van der Waals surface area contributed by atoms with Gasteiger partial charge in [-0.25, -0.2) is 4.79 Å². The van der Waals surface area contributed by atoms with E-state index in [2.05, 4.69) is 0 Å². The Bertz CT molecular complexity index is 639. The molecule has 0 saturated heterocycles. The summed E-state index contributed by atoms with van der Waals surface area (Å²) >= 11 is 0. The quantitative estimate of drug-likeness (QED) is 0.828. The molecule has 2 aromatic rings. The van der Waals surface area contributed by atoms with Gasteiger partial charge in [0.25, 0.3) is 0 Å². The number of phenolic OH excluding ortho intramolecular Hbond substituents is 1. The van der Waals surface area contributed by atoms with E-state index in [0.29, 0.717) is 0 Å². The number of carboxylic acids is 1. The molecule has 0 atom stereocenters. The summed E-state index contributed by atoms with van der Waals surface area (Å²) in [6.07, 6.45) is 0. The van der Waals surface area contributed by atoms with Crippen LogP contribution in [0.15, 0.2) is 42.5 Å². The van der Waals surface area contributed by atoms with Gasteiger partial charge in [-0.3, -0.25) is 4.79 Å². The molecule has 0 aromatic heterocycles. The summed E-state index contributed by atoms with van der Waals surface area (Å²) in [6, 6.07) is 10.5. The lowest BCUT2D eigenvalue weighted by atomic mass is 9.97. The van der Waals surface area contributed by atoms with E-state index in [1.54, 1.807) is 25.1 Å². The second-order valence-corrected chi connectivity index (χ2v) is 4.24. The van der Waals surface area contributed by atoms with E-state index in [0.717, 1.165) is 5.56 Å². The predicted octanol–water partition coefficient (Wildman–Crippen LogP) is 2.63. The van der Waals surface area contributed by atoms with Crippen molar-refractivity contribution in [1.82, 2.24) is 0 Å². The lowest BCUT2D eigenvalue weighted by Crippen LogP contribution is -2.09. The van der Waals surface area contributed by atoms with Gasteiger partial charge in [0, 0.05) is 11.1 Å². The Morgan fingerprint density at radius 2 is 1.63 bits per heavy atom. The van der Waals surface area contributed by atoms with Crippen LogP contribution in [0.1, 0.15) is 31.8 Å². The maximum Gasteiger partial charge on any atom is 0.336 e. The number of rotatable bonds is 3. The number of phenols is 1. The average Bonchev–Trinajstić information content (AvgIpc) is 2.36. The molecule has 2 N–H and O–H groups in total. The van der Waals surface area contributed by atoms with Crippen LogP contribution in [-0.4, -0.2) is 22.0 Å². The molecule has 0 saturated carbocycles. The largest absolute Gasteiger partial charge is 0.508 e. The minimum absolute atomic E-state index is 0.0174. The highest BCUT2D eigenvalue weighted by molar-refractivity contribution is 6.14. The summed E-state index contributed by atoms with van der Waals surface area (Å²) in [6.45, 7) is 1.75. The van der Waals surface area contributed by atoms with E-state index in [1.165, 1.54) is 24.3 Å². The molecule has 0 aliphatic carbocycles. The van der Waals surface area contributed by atoms with Crippen LogP contribution in [0, 0.1) is 6.92 Å². The number of hydrogen-bond donors (Lipinski definition) is 2. The first-order valence-electron chi connectivity index (χ1n) is 5.66. The van der Waals surface area contributed by atoms with Crippen LogP contribution in [0.3, 0.4) is 0 Å². The molecule has 0 unspecified atom stereocenters. The van der Waals surface area contributed by atoms with E-state index in [-0.39, 0.29) is 22.4 Å². The van der Waals surface area contributed by atoms with Crippen molar-refractivity contribution in [3.05, 3.63) is 64.7 Å². The fourth-order valence-corrected chi connectivity index (χ4v) is 1.92. The van der Waals surface area contributed by atoms with Gasteiger partial charge in [0.15, 0.2) is 5.78 Å². The molecule has 19 heavy (non-hydrogen) atoms. The number of aromatic hydroxyl groups is 1. The second kappa shape index (κ2) is 4.94. The molecule has 0 radical (unpaired) electrons. The monoisotopic (exact) mass is 256 g/mol. The van der Waals surface area contributed by atoms with Crippen LogP contribution >= 0.6 is 0 Å². The van der Waals surface area contributed by atoms with Gasteiger partial charge in [-0.05, 0) is 36.8 Å². The zero-order chi connectivity index (χ0) is 14.0. The fourth-order valence-electron chi connectivity index (χ4n) is 1.92. The van der Waals surface area contributed by atoms with Crippen LogP contribution in [-0.2, 0) is 0 Å². The number of carboxylic acid groups (broad SMARTS) is 1. The molecule has 2 rings (SSSR count). The zero-order valence-corrected chi connectivity index (χ0v) is 10.3. The average molecular weight is 256 g/mol. The number of aromatic carboxylic acids is 1. The first-order valence-corrected chi connectivity index (χ1v) is 5.66. The number of carbonyl (C=O) groups excluding carboxylic acids is 1. The van der Waals surface area contributed by atoms with Gasteiger partial charge >= 0.3 is 5.97 Å². The maximum atomic E-state index is 12.3. The van der Waals surface area contributed by atoms with E-state index < -0.39 is 11.8 Å². The van der Waals surface area contributed by atoms with Crippen LogP contribution < -0.4 is 0 Å². The van der Waals surface area contributed by atoms with Gasteiger partial charge in [-0.15, -0.1) is 0 Å². The fraction of sp³-hybridized carbons (Fsp3) is 0.0667. The SMILES string of the molecule is Cc1cc(O)cc(C(=O)c2ccccc2C(=O)O)c1.